The molecule has 0 aliphatic carbocycles. The topological polar surface area (TPSA) is 57.6 Å². The molecule has 0 aromatic heterocycles. The fourth-order valence-corrected chi connectivity index (χ4v) is 1.57. The second-order valence-electron chi connectivity index (χ2n) is 2.46. The van der Waals surface area contributed by atoms with Crippen molar-refractivity contribution in [2.75, 3.05) is 10.7 Å². The van der Waals surface area contributed by atoms with Crippen molar-refractivity contribution >= 4 is 27.3 Å². The molecule has 0 amide bonds. The molecule has 13 heavy (non-hydrogen) atoms. The van der Waals surface area contributed by atoms with Crippen LogP contribution in [0.5, 0.6) is 0 Å². The van der Waals surface area contributed by atoms with Gasteiger partial charge >= 0.3 is 0 Å². The third kappa shape index (κ3) is 2.33. The Morgan fingerprint density at radius 1 is 1.38 bits per heavy atom. The van der Waals surface area contributed by atoms with Crippen LogP contribution in [0.4, 0.5) is 5.69 Å². The number of para-hydroxylation sites is 1. The number of sulfonamides is 1. The average Bonchev–Trinajstić information content (AvgIpc) is 2.02. The standard InChI is InChI=1S/C7H8ClNO3S/c1-13(11,12)9(10)7-5-3-2-4-6(7)8/h2-5,10H,1H3. The molecule has 1 rings (SSSR count). The minimum Gasteiger partial charge on any atom is -0.274 e. The lowest BCUT2D eigenvalue weighted by atomic mass is 10.3. The van der Waals surface area contributed by atoms with Gasteiger partial charge in [-0.3, -0.25) is 5.21 Å². The summed E-state index contributed by atoms with van der Waals surface area (Å²) in [4.78, 5) is 0. The third-order valence-corrected chi connectivity index (χ3v) is 2.52. The van der Waals surface area contributed by atoms with Crippen molar-refractivity contribution in [3.63, 3.8) is 0 Å². The Bertz CT molecular complexity index is 404. The molecular weight excluding hydrogens is 214 g/mol. The molecular formula is C7H8ClNO3S. The summed E-state index contributed by atoms with van der Waals surface area (Å²) in [5, 5.41) is 9.38. The summed E-state index contributed by atoms with van der Waals surface area (Å²) in [5.74, 6) is 0. The predicted molar refractivity (Wildman–Crippen MR) is 50.6 cm³/mol. The summed E-state index contributed by atoms with van der Waals surface area (Å²) in [6.45, 7) is 0. The zero-order chi connectivity index (χ0) is 10.1. The van der Waals surface area contributed by atoms with E-state index >= 15 is 0 Å². The Morgan fingerprint density at radius 2 is 1.92 bits per heavy atom. The van der Waals surface area contributed by atoms with Crippen molar-refractivity contribution in [3.8, 4) is 0 Å². The van der Waals surface area contributed by atoms with Crippen LogP contribution >= 0.6 is 11.6 Å². The number of rotatable bonds is 2. The van der Waals surface area contributed by atoms with Crippen LogP contribution in [0, 0.1) is 0 Å². The van der Waals surface area contributed by atoms with Gasteiger partial charge in [-0.05, 0) is 12.1 Å². The molecule has 1 aromatic carbocycles. The Kier molecular flexibility index (Phi) is 2.80. The van der Waals surface area contributed by atoms with E-state index in [-0.39, 0.29) is 15.2 Å². The zero-order valence-electron chi connectivity index (χ0n) is 6.81. The van der Waals surface area contributed by atoms with Gasteiger partial charge in [0.05, 0.1) is 17.0 Å². The van der Waals surface area contributed by atoms with E-state index in [0.29, 0.717) is 0 Å². The minimum atomic E-state index is -3.67. The van der Waals surface area contributed by atoms with Crippen LogP contribution < -0.4 is 4.47 Å². The van der Waals surface area contributed by atoms with Crippen LogP contribution in [0.1, 0.15) is 0 Å². The maximum atomic E-state index is 10.9. The highest BCUT2D eigenvalue weighted by molar-refractivity contribution is 7.91. The van der Waals surface area contributed by atoms with E-state index in [4.69, 9.17) is 11.6 Å². The van der Waals surface area contributed by atoms with Gasteiger partial charge in [-0.2, -0.15) is 0 Å². The van der Waals surface area contributed by atoms with E-state index < -0.39 is 10.0 Å². The predicted octanol–water partition coefficient (Wildman–Crippen LogP) is 1.50. The maximum Gasteiger partial charge on any atom is 0.254 e. The molecule has 0 spiro atoms. The van der Waals surface area contributed by atoms with Gasteiger partial charge < -0.3 is 0 Å². The summed E-state index contributed by atoms with van der Waals surface area (Å²) in [7, 11) is -3.67. The highest BCUT2D eigenvalue weighted by Crippen LogP contribution is 2.25. The fraction of sp³-hybridized carbons (Fsp3) is 0.143. The van der Waals surface area contributed by atoms with Gasteiger partial charge in [-0.15, -0.1) is 4.47 Å². The number of nitrogens with zero attached hydrogens (tertiary/aromatic N) is 1. The fourth-order valence-electron chi connectivity index (χ4n) is 0.786. The molecule has 1 aromatic rings. The van der Waals surface area contributed by atoms with Gasteiger partial charge in [-0.1, -0.05) is 23.7 Å². The SMILES string of the molecule is CS(=O)(=O)N(O)c1ccccc1Cl. The Hall–Kier alpha value is -0.780. The Balaban J connectivity index is 3.17. The van der Waals surface area contributed by atoms with Crippen molar-refractivity contribution in [1.82, 2.24) is 0 Å². The number of anilines is 1. The largest absolute Gasteiger partial charge is 0.274 e. The van der Waals surface area contributed by atoms with Crippen LogP contribution in [-0.2, 0) is 10.0 Å². The molecule has 1 N–H and O–H groups in total. The molecule has 0 aliphatic heterocycles. The van der Waals surface area contributed by atoms with Crippen molar-refractivity contribution in [2.45, 2.75) is 0 Å². The van der Waals surface area contributed by atoms with E-state index in [2.05, 4.69) is 0 Å². The highest BCUT2D eigenvalue weighted by atomic mass is 35.5. The first-order valence-corrected chi connectivity index (χ1v) is 5.59. The Labute approximate surface area is 81.4 Å². The van der Waals surface area contributed by atoms with Crippen LogP contribution in [0.2, 0.25) is 5.02 Å². The van der Waals surface area contributed by atoms with Gasteiger partial charge in [0.1, 0.15) is 0 Å². The first-order chi connectivity index (χ1) is 5.93. The average molecular weight is 222 g/mol. The monoisotopic (exact) mass is 221 g/mol. The molecule has 0 radical (unpaired) electrons. The van der Waals surface area contributed by atoms with Crippen LogP contribution in [0.15, 0.2) is 24.3 Å². The van der Waals surface area contributed by atoms with E-state index in [9.17, 15) is 13.6 Å². The zero-order valence-corrected chi connectivity index (χ0v) is 8.38. The summed E-state index contributed by atoms with van der Waals surface area (Å²) in [6.07, 6.45) is 0.885. The van der Waals surface area contributed by atoms with Crippen LogP contribution in [0.3, 0.4) is 0 Å². The van der Waals surface area contributed by atoms with Gasteiger partial charge in [-0.25, -0.2) is 8.42 Å². The maximum absolute atomic E-state index is 10.9. The van der Waals surface area contributed by atoms with Crippen LogP contribution in [-0.4, -0.2) is 19.9 Å². The molecule has 0 heterocycles. The number of halogens is 1. The molecule has 0 aliphatic rings. The molecule has 0 bridgehead atoms. The number of hydrogen-bond donors (Lipinski definition) is 1. The third-order valence-electron chi connectivity index (χ3n) is 1.37. The summed E-state index contributed by atoms with van der Waals surface area (Å²) in [6, 6.07) is 6.12. The van der Waals surface area contributed by atoms with Gasteiger partial charge in [0.15, 0.2) is 0 Å². The molecule has 72 valence electrons. The van der Waals surface area contributed by atoms with E-state index in [1.54, 1.807) is 12.1 Å². The van der Waals surface area contributed by atoms with Crippen molar-refractivity contribution < 1.29 is 13.6 Å². The molecule has 0 saturated heterocycles. The Morgan fingerprint density at radius 3 is 2.38 bits per heavy atom. The lowest BCUT2D eigenvalue weighted by Gasteiger charge is -2.14. The smallest absolute Gasteiger partial charge is 0.254 e. The van der Waals surface area contributed by atoms with Crippen molar-refractivity contribution in [2.24, 2.45) is 0 Å². The quantitative estimate of drug-likeness (QED) is 0.770. The summed E-state index contributed by atoms with van der Waals surface area (Å²) in [5.41, 5.74) is 0.0478. The summed E-state index contributed by atoms with van der Waals surface area (Å²) >= 11 is 5.66. The normalized spacial score (nSPS) is 11.3. The first-order valence-electron chi connectivity index (χ1n) is 3.36. The van der Waals surface area contributed by atoms with E-state index in [0.717, 1.165) is 6.26 Å². The summed E-state index contributed by atoms with van der Waals surface area (Å²) < 4.78 is 22.0. The lowest BCUT2D eigenvalue weighted by molar-refractivity contribution is 0.317. The molecule has 0 saturated carbocycles. The minimum absolute atomic E-state index is 0.0478. The van der Waals surface area contributed by atoms with Crippen molar-refractivity contribution in [3.05, 3.63) is 29.3 Å². The van der Waals surface area contributed by atoms with Gasteiger partial charge in [0.2, 0.25) is 0 Å². The number of benzene rings is 1. The molecule has 0 unspecified atom stereocenters. The second kappa shape index (κ2) is 3.53. The molecule has 6 heteroatoms. The van der Waals surface area contributed by atoms with E-state index in [1.807, 2.05) is 0 Å². The van der Waals surface area contributed by atoms with Crippen LogP contribution in [0.25, 0.3) is 0 Å². The van der Waals surface area contributed by atoms with Gasteiger partial charge in [0.25, 0.3) is 10.0 Å². The second-order valence-corrected chi connectivity index (χ2v) is 4.68. The molecule has 0 fully saturated rings. The lowest BCUT2D eigenvalue weighted by Crippen LogP contribution is -2.25. The van der Waals surface area contributed by atoms with E-state index in [1.165, 1.54) is 12.1 Å². The molecule has 0 atom stereocenters. The van der Waals surface area contributed by atoms with Gasteiger partial charge in [0, 0.05) is 0 Å². The number of hydrogen-bond acceptors (Lipinski definition) is 3. The first kappa shape index (κ1) is 10.3. The molecule has 4 nitrogen and oxygen atoms in total. The van der Waals surface area contributed by atoms with Crippen molar-refractivity contribution in [1.29, 1.82) is 0 Å². The highest BCUT2D eigenvalue weighted by Gasteiger charge is 2.16.